The van der Waals surface area contributed by atoms with E-state index in [2.05, 4.69) is 18.2 Å². The third kappa shape index (κ3) is 2.82. The summed E-state index contributed by atoms with van der Waals surface area (Å²) >= 11 is 0. The topological polar surface area (TPSA) is 17.1 Å². The number of carbonyl (C=O) groups excluding carboxylic acids is 1. The van der Waals surface area contributed by atoms with Crippen molar-refractivity contribution in [2.75, 3.05) is 0 Å². The monoisotopic (exact) mass is 224 g/mol. The van der Waals surface area contributed by atoms with Gasteiger partial charge >= 0.3 is 0 Å². The minimum Gasteiger partial charge on any atom is -0.295 e. The highest BCUT2D eigenvalue weighted by atomic mass is 16.1. The Hall–Kier alpha value is -1.89. The molecule has 0 spiro atoms. The molecule has 0 aliphatic heterocycles. The lowest BCUT2D eigenvalue weighted by atomic mass is 9.98. The molecule has 0 aromatic heterocycles. The van der Waals surface area contributed by atoms with Crippen molar-refractivity contribution in [3.05, 3.63) is 70.8 Å². The van der Waals surface area contributed by atoms with Crippen LogP contribution in [0.25, 0.3) is 0 Å². The minimum atomic E-state index is 0.136. The normalized spacial score (nSPS) is 10.2. The fraction of sp³-hybridized carbons (Fsp3) is 0.188. The van der Waals surface area contributed by atoms with Crippen LogP contribution in [0.4, 0.5) is 0 Å². The molecule has 2 aromatic carbocycles. The molecule has 0 saturated heterocycles. The van der Waals surface area contributed by atoms with Crippen molar-refractivity contribution >= 4 is 5.78 Å². The number of benzene rings is 2. The lowest BCUT2D eigenvalue weighted by Crippen LogP contribution is -1.98. The fourth-order valence-corrected chi connectivity index (χ4v) is 1.99. The molecule has 0 atom stereocenters. The average molecular weight is 224 g/mol. The van der Waals surface area contributed by atoms with E-state index >= 15 is 0 Å². The van der Waals surface area contributed by atoms with Crippen LogP contribution >= 0.6 is 0 Å². The maximum Gasteiger partial charge on any atom is 0.160 e. The number of rotatable bonds is 3. The molecular weight excluding hydrogens is 208 g/mol. The van der Waals surface area contributed by atoms with Gasteiger partial charge in [-0.1, -0.05) is 42.5 Å². The van der Waals surface area contributed by atoms with E-state index in [9.17, 15) is 4.79 Å². The molecule has 2 rings (SSSR count). The second kappa shape index (κ2) is 4.96. The van der Waals surface area contributed by atoms with Gasteiger partial charge in [-0.25, -0.2) is 0 Å². The van der Waals surface area contributed by atoms with E-state index in [1.807, 2.05) is 37.3 Å². The van der Waals surface area contributed by atoms with Crippen LogP contribution in [-0.4, -0.2) is 5.78 Å². The first-order chi connectivity index (χ1) is 8.16. The molecule has 0 aliphatic carbocycles. The smallest absolute Gasteiger partial charge is 0.160 e. The predicted molar refractivity (Wildman–Crippen MR) is 70.4 cm³/mol. The van der Waals surface area contributed by atoms with Crippen molar-refractivity contribution < 1.29 is 4.79 Å². The van der Waals surface area contributed by atoms with Crippen LogP contribution in [0.1, 0.15) is 34.0 Å². The van der Waals surface area contributed by atoms with Gasteiger partial charge in [-0.05, 0) is 43.0 Å². The Morgan fingerprint density at radius 3 is 2.35 bits per heavy atom. The Morgan fingerprint density at radius 1 is 1.00 bits per heavy atom. The largest absolute Gasteiger partial charge is 0.295 e. The van der Waals surface area contributed by atoms with Crippen LogP contribution in [-0.2, 0) is 6.42 Å². The molecule has 0 amide bonds. The maximum absolute atomic E-state index is 11.5. The third-order valence-corrected chi connectivity index (χ3v) is 2.93. The Kier molecular flexibility index (Phi) is 3.38. The maximum atomic E-state index is 11.5. The van der Waals surface area contributed by atoms with E-state index in [0.29, 0.717) is 0 Å². The highest BCUT2D eigenvalue weighted by Crippen LogP contribution is 2.15. The summed E-state index contributed by atoms with van der Waals surface area (Å²) in [6, 6.07) is 16.4. The first-order valence-corrected chi connectivity index (χ1v) is 5.81. The van der Waals surface area contributed by atoms with Crippen molar-refractivity contribution in [1.82, 2.24) is 0 Å². The Morgan fingerprint density at radius 2 is 1.71 bits per heavy atom. The van der Waals surface area contributed by atoms with Crippen molar-refractivity contribution in [3.63, 3.8) is 0 Å². The zero-order valence-corrected chi connectivity index (χ0v) is 10.2. The van der Waals surface area contributed by atoms with Crippen LogP contribution < -0.4 is 0 Å². The zero-order valence-electron chi connectivity index (χ0n) is 10.2. The summed E-state index contributed by atoms with van der Waals surface area (Å²) < 4.78 is 0. The summed E-state index contributed by atoms with van der Waals surface area (Å²) in [5.41, 5.74) is 4.34. The van der Waals surface area contributed by atoms with Crippen LogP contribution in [0.3, 0.4) is 0 Å². The van der Waals surface area contributed by atoms with Gasteiger partial charge in [0.25, 0.3) is 0 Å². The summed E-state index contributed by atoms with van der Waals surface area (Å²) in [6.45, 7) is 3.59. The van der Waals surface area contributed by atoms with Gasteiger partial charge in [-0.2, -0.15) is 0 Å². The molecule has 0 radical (unpaired) electrons. The van der Waals surface area contributed by atoms with Gasteiger partial charge in [0, 0.05) is 5.56 Å². The molecule has 86 valence electrons. The number of ketones is 1. The first-order valence-electron chi connectivity index (χ1n) is 5.81. The number of aryl methyl sites for hydroxylation is 1. The number of carbonyl (C=O) groups is 1. The quantitative estimate of drug-likeness (QED) is 0.725. The van der Waals surface area contributed by atoms with Crippen LogP contribution in [0.15, 0.2) is 48.5 Å². The molecule has 0 heterocycles. The van der Waals surface area contributed by atoms with E-state index in [1.54, 1.807) is 6.92 Å². The second-order valence-corrected chi connectivity index (χ2v) is 4.37. The van der Waals surface area contributed by atoms with Gasteiger partial charge in [0.15, 0.2) is 5.78 Å². The molecule has 0 saturated carbocycles. The molecule has 0 N–H and O–H groups in total. The first kappa shape index (κ1) is 11.6. The Balaban J connectivity index is 2.29. The standard InChI is InChI=1S/C16H16O/c1-12-8-9-15(11-16(12)13(2)17)10-14-6-4-3-5-7-14/h3-9,11H,10H2,1-2H3. The molecule has 0 bridgehead atoms. The summed E-state index contributed by atoms with van der Waals surface area (Å²) in [5, 5.41) is 0. The molecule has 0 unspecified atom stereocenters. The number of hydrogen-bond donors (Lipinski definition) is 0. The van der Waals surface area contributed by atoms with E-state index in [-0.39, 0.29) is 5.78 Å². The molecule has 0 aliphatic rings. The summed E-state index contributed by atoms with van der Waals surface area (Å²) in [5.74, 6) is 0.136. The van der Waals surface area contributed by atoms with Gasteiger partial charge in [0.05, 0.1) is 0 Å². The van der Waals surface area contributed by atoms with Crippen molar-refractivity contribution in [2.45, 2.75) is 20.3 Å². The number of Topliss-reactive ketones (excluding diaryl/α,β-unsaturated/α-hetero) is 1. The van der Waals surface area contributed by atoms with Crippen molar-refractivity contribution in [2.24, 2.45) is 0 Å². The van der Waals surface area contributed by atoms with Crippen LogP contribution in [0.2, 0.25) is 0 Å². The Bertz CT molecular complexity index is 526. The molecule has 17 heavy (non-hydrogen) atoms. The van der Waals surface area contributed by atoms with Crippen molar-refractivity contribution in [3.8, 4) is 0 Å². The van der Waals surface area contributed by atoms with E-state index in [4.69, 9.17) is 0 Å². The molecule has 2 aromatic rings. The fourth-order valence-electron chi connectivity index (χ4n) is 1.99. The summed E-state index contributed by atoms with van der Waals surface area (Å²) in [6.07, 6.45) is 0.876. The SMILES string of the molecule is CC(=O)c1cc(Cc2ccccc2)ccc1C. The predicted octanol–water partition coefficient (Wildman–Crippen LogP) is 3.79. The number of hydrogen-bond acceptors (Lipinski definition) is 1. The summed E-state index contributed by atoms with van der Waals surface area (Å²) in [4.78, 5) is 11.5. The van der Waals surface area contributed by atoms with Crippen LogP contribution in [0.5, 0.6) is 0 Å². The Labute approximate surface area is 102 Å². The highest BCUT2D eigenvalue weighted by molar-refractivity contribution is 5.95. The lowest BCUT2D eigenvalue weighted by Gasteiger charge is -2.06. The van der Waals surface area contributed by atoms with Crippen molar-refractivity contribution in [1.29, 1.82) is 0 Å². The third-order valence-electron chi connectivity index (χ3n) is 2.93. The summed E-state index contributed by atoms with van der Waals surface area (Å²) in [7, 11) is 0. The van der Waals surface area contributed by atoms with Gasteiger partial charge in [0.2, 0.25) is 0 Å². The second-order valence-electron chi connectivity index (χ2n) is 4.37. The van der Waals surface area contributed by atoms with E-state index in [0.717, 1.165) is 17.5 Å². The minimum absolute atomic E-state index is 0.136. The van der Waals surface area contributed by atoms with Gasteiger partial charge in [-0.15, -0.1) is 0 Å². The van der Waals surface area contributed by atoms with E-state index in [1.165, 1.54) is 11.1 Å². The lowest BCUT2D eigenvalue weighted by molar-refractivity contribution is 0.101. The van der Waals surface area contributed by atoms with E-state index < -0.39 is 0 Å². The molecular formula is C16H16O. The molecule has 1 heteroatoms. The van der Waals surface area contributed by atoms with Gasteiger partial charge < -0.3 is 0 Å². The average Bonchev–Trinajstić information content (AvgIpc) is 2.32. The van der Waals surface area contributed by atoms with Gasteiger partial charge in [0.1, 0.15) is 0 Å². The highest BCUT2D eigenvalue weighted by Gasteiger charge is 2.05. The van der Waals surface area contributed by atoms with Gasteiger partial charge in [-0.3, -0.25) is 4.79 Å². The molecule has 1 nitrogen and oxygen atoms in total. The molecule has 0 fully saturated rings. The zero-order chi connectivity index (χ0) is 12.3. The van der Waals surface area contributed by atoms with Crippen LogP contribution in [0, 0.1) is 6.92 Å².